The van der Waals surface area contributed by atoms with E-state index in [9.17, 15) is 13.2 Å². The Morgan fingerprint density at radius 3 is 1.64 bits per heavy atom. The van der Waals surface area contributed by atoms with Gasteiger partial charge in [-0.3, -0.25) is 0 Å². The lowest BCUT2D eigenvalue weighted by molar-refractivity contribution is -0.137. The van der Waals surface area contributed by atoms with Gasteiger partial charge in [0.1, 0.15) is 11.6 Å². The zero-order valence-electron chi connectivity index (χ0n) is 29.6. The van der Waals surface area contributed by atoms with E-state index in [-0.39, 0.29) is 5.56 Å². The third-order valence-electron chi connectivity index (χ3n) is 9.51. The van der Waals surface area contributed by atoms with Crippen molar-refractivity contribution in [1.82, 2.24) is 34.5 Å². The van der Waals surface area contributed by atoms with E-state index < -0.39 is 11.7 Å². The van der Waals surface area contributed by atoms with Gasteiger partial charge in [-0.1, -0.05) is 103 Å². The fourth-order valence-corrected chi connectivity index (χ4v) is 7.10. The molecule has 0 saturated carbocycles. The molecular weight excluding hydrogens is 696 g/mol. The highest BCUT2D eigenvalue weighted by atomic mass is 19.4. The van der Waals surface area contributed by atoms with Crippen molar-refractivity contribution in [3.63, 3.8) is 0 Å². The lowest BCUT2D eigenvalue weighted by atomic mass is 9.97. The van der Waals surface area contributed by atoms with Crippen molar-refractivity contribution in [3.05, 3.63) is 163 Å². The number of hydrogen-bond acceptors (Lipinski definition) is 6. The topological polar surface area (TPSA) is 82.3 Å². The Morgan fingerprint density at radius 2 is 0.964 bits per heavy atom. The van der Waals surface area contributed by atoms with Gasteiger partial charge < -0.3 is 4.57 Å². The quantitative estimate of drug-likeness (QED) is 0.170. The average Bonchev–Trinajstić information content (AvgIpc) is 3.54. The van der Waals surface area contributed by atoms with E-state index in [1.54, 1.807) is 18.2 Å². The van der Waals surface area contributed by atoms with Crippen LogP contribution in [-0.4, -0.2) is 34.5 Å². The van der Waals surface area contributed by atoms with E-state index in [0.717, 1.165) is 44.6 Å². The van der Waals surface area contributed by atoms with Gasteiger partial charge in [0.05, 0.1) is 22.3 Å². The van der Waals surface area contributed by atoms with Gasteiger partial charge in [-0.15, -0.1) is 0 Å². The zero-order chi connectivity index (χ0) is 37.7. The number of aryl methyl sites for hydroxylation is 2. The first-order valence-corrected chi connectivity index (χ1v) is 17.6. The number of nitrogens with zero attached hydrogens (tertiary/aromatic N) is 7. The maximum absolute atomic E-state index is 14.5. The van der Waals surface area contributed by atoms with Gasteiger partial charge in [0, 0.05) is 33.0 Å². The van der Waals surface area contributed by atoms with Gasteiger partial charge >= 0.3 is 6.18 Å². The monoisotopic (exact) mass is 725 g/mol. The fraction of sp³-hybridized carbons (Fsp3) is 0.0667. The molecule has 0 spiro atoms. The summed E-state index contributed by atoms with van der Waals surface area (Å²) in [6, 6.07) is 44.2. The molecule has 10 heteroatoms. The molecule has 7 nitrogen and oxygen atoms in total. The number of alkyl halides is 3. The van der Waals surface area contributed by atoms with Gasteiger partial charge in [0.2, 0.25) is 0 Å². The third kappa shape index (κ3) is 6.27. The van der Waals surface area contributed by atoms with Crippen LogP contribution in [0.15, 0.2) is 146 Å². The smallest absolute Gasteiger partial charge is 0.308 e. The van der Waals surface area contributed by atoms with Crippen LogP contribution in [0.25, 0.3) is 84.2 Å². The number of aromatic nitrogens is 7. The second-order valence-corrected chi connectivity index (χ2v) is 13.2. The maximum atomic E-state index is 14.5. The fourth-order valence-electron chi connectivity index (χ4n) is 7.10. The minimum absolute atomic E-state index is 0.0667. The molecule has 0 atom stereocenters. The lowest BCUT2D eigenvalue weighted by Gasteiger charge is -2.18. The highest BCUT2D eigenvalue weighted by Crippen LogP contribution is 2.42. The van der Waals surface area contributed by atoms with Crippen LogP contribution in [-0.2, 0) is 6.18 Å². The predicted octanol–water partition coefficient (Wildman–Crippen LogP) is 11.1. The summed E-state index contributed by atoms with van der Waals surface area (Å²) in [7, 11) is 0. The molecule has 0 N–H and O–H groups in total. The van der Waals surface area contributed by atoms with E-state index in [1.165, 1.54) is 12.1 Å². The molecule has 3 heterocycles. The van der Waals surface area contributed by atoms with Crippen LogP contribution in [0.3, 0.4) is 0 Å². The second-order valence-electron chi connectivity index (χ2n) is 13.2. The Labute approximate surface area is 313 Å². The number of para-hydroxylation sites is 1. The minimum atomic E-state index is -4.56. The Balaban J connectivity index is 1.35. The lowest BCUT2D eigenvalue weighted by Crippen LogP contribution is -2.07. The number of halogens is 3. The van der Waals surface area contributed by atoms with Crippen molar-refractivity contribution in [2.75, 3.05) is 0 Å². The van der Waals surface area contributed by atoms with Crippen molar-refractivity contribution in [1.29, 1.82) is 0 Å². The van der Waals surface area contributed by atoms with Crippen molar-refractivity contribution in [3.8, 4) is 62.4 Å². The van der Waals surface area contributed by atoms with Crippen molar-refractivity contribution >= 4 is 21.8 Å². The standard InChI is InChI=1S/C45H30F3N7/c1-27-49-28(2)51-43(50-27)32-22-24-39-36(25-32)34-18-10-12-20-38(34)55(39)40-26-31(33-17-9-11-19-37(33)45(46,47)48)21-23-35(40)44-53-41(29-13-5-3-6-14-29)52-42(54-44)30-15-7-4-8-16-30/h3-26H,1-2H3. The van der Waals surface area contributed by atoms with Crippen molar-refractivity contribution in [2.45, 2.75) is 20.0 Å². The Morgan fingerprint density at radius 1 is 0.418 bits per heavy atom. The van der Waals surface area contributed by atoms with Crippen LogP contribution in [0.4, 0.5) is 13.2 Å². The molecule has 0 unspecified atom stereocenters. The van der Waals surface area contributed by atoms with Gasteiger partial charge in [-0.05, 0) is 67.4 Å². The van der Waals surface area contributed by atoms with Gasteiger partial charge in [-0.25, -0.2) is 29.9 Å². The number of benzene rings is 6. The van der Waals surface area contributed by atoms with E-state index in [2.05, 4.69) is 25.6 Å². The van der Waals surface area contributed by atoms with E-state index in [4.69, 9.17) is 15.0 Å². The molecule has 0 aliphatic heterocycles. The average molecular weight is 726 g/mol. The minimum Gasteiger partial charge on any atom is -0.308 e. The molecule has 0 fully saturated rings. The number of rotatable bonds is 6. The number of fused-ring (bicyclic) bond motifs is 3. The normalized spacial score (nSPS) is 11.7. The van der Waals surface area contributed by atoms with Gasteiger partial charge in [0.25, 0.3) is 0 Å². The van der Waals surface area contributed by atoms with Crippen molar-refractivity contribution < 1.29 is 13.2 Å². The second kappa shape index (κ2) is 13.4. The molecular formula is C45H30F3N7. The van der Waals surface area contributed by atoms with E-state index in [1.807, 2.05) is 117 Å². The highest BCUT2D eigenvalue weighted by molar-refractivity contribution is 6.11. The molecule has 55 heavy (non-hydrogen) atoms. The van der Waals surface area contributed by atoms with Crippen LogP contribution in [0, 0.1) is 13.8 Å². The Bertz CT molecular complexity index is 2810. The molecule has 266 valence electrons. The summed E-state index contributed by atoms with van der Waals surface area (Å²) in [5.41, 5.74) is 5.04. The molecule has 0 aliphatic rings. The van der Waals surface area contributed by atoms with E-state index in [0.29, 0.717) is 51.8 Å². The summed E-state index contributed by atoms with van der Waals surface area (Å²) in [5.74, 6) is 3.10. The van der Waals surface area contributed by atoms with Crippen LogP contribution >= 0.6 is 0 Å². The summed E-state index contributed by atoms with van der Waals surface area (Å²) in [6.07, 6.45) is -4.56. The Hall–Kier alpha value is -7.07. The van der Waals surface area contributed by atoms with Crippen LogP contribution < -0.4 is 0 Å². The van der Waals surface area contributed by atoms with Crippen molar-refractivity contribution in [2.24, 2.45) is 0 Å². The molecule has 0 bridgehead atoms. The third-order valence-corrected chi connectivity index (χ3v) is 9.51. The molecule has 6 aromatic carbocycles. The summed E-state index contributed by atoms with van der Waals surface area (Å²) < 4.78 is 45.5. The first-order valence-electron chi connectivity index (χ1n) is 17.6. The summed E-state index contributed by atoms with van der Waals surface area (Å²) in [4.78, 5) is 28.5. The largest absolute Gasteiger partial charge is 0.417 e. The van der Waals surface area contributed by atoms with Gasteiger partial charge in [-0.2, -0.15) is 13.2 Å². The van der Waals surface area contributed by atoms with Gasteiger partial charge in [0.15, 0.2) is 23.3 Å². The van der Waals surface area contributed by atoms with Crippen LogP contribution in [0.1, 0.15) is 17.2 Å². The maximum Gasteiger partial charge on any atom is 0.417 e. The first-order chi connectivity index (χ1) is 26.7. The first kappa shape index (κ1) is 33.7. The van der Waals surface area contributed by atoms with Crippen LogP contribution in [0.5, 0.6) is 0 Å². The number of hydrogen-bond donors (Lipinski definition) is 0. The molecule has 9 aromatic rings. The highest BCUT2D eigenvalue weighted by Gasteiger charge is 2.33. The predicted molar refractivity (Wildman–Crippen MR) is 209 cm³/mol. The molecule has 0 aliphatic carbocycles. The molecule has 9 rings (SSSR count). The summed E-state index contributed by atoms with van der Waals surface area (Å²) in [6.45, 7) is 3.67. The summed E-state index contributed by atoms with van der Waals surface area (Å²) in [5, 5.41) is 1.86. The molecule has 0 amide bonds. The molecule has 0 saturated heterocycles. The SMILES string of the molecule is Cc1nc(C)nc(-c2ccc3c(c2)c2ccccc2n3-c2cc(-c3ccccc3C(F)(F)F)ccc2-c2nc(-c3ccccc3)nc(-c3ccccc3)n2)n1. The molecule has 3 aromatic heterocycles. The Kier molecular flexibility index (Phi) is 8.23. The van der Waals surface area contributed by atoms with E-state index >= 15 is 0 Å². The molecule has 0 radical (unpaired) electrons. The zero-order valence-corrected chi connectivity index (χ0v) is 29.6. The summed E-state index contributed by atoms with van der Waals surface area (Å²) >= 11 is 0. The van der Waals surface area contributed by atoms with Crippen LogP contribution in [0.2, 0.25) is 0 Å².